The van der Waals surface area contributed by atoms with Crippen molar-refractivity contribution in [3.63, 3.8) is 0 Å². The first kappa shape index (κ1) is 9.47. The standard InChI is InChI=1S/C11H22NO/c1-12-7-3-2-6-11(12)10(9-13)5-4-8-12/h10-11,13H,2-9H2,1H3/q+1/t10-,11+,12+/m1/s1. The lowest BCUT2D eigenvalue weighted by Gasteiger charge is -2.50. The van der Waals surface area contributed by atoms with Gasteiger partial charge in [-0.1, -0.05) is 0 Å². The van der Waals surface area contributed by atoms with Crippen molar-refractivity contribution in [2.45, 2.75) is 38.1 Å². The quantitative estimate of drug-likeness (QED) is 0.611. The van der Waals surface area contributed by atoms with Gasteiger partial charge in [0, 0.05) is 12.3 Å². The Labute approximate surface area is 81.1 Å². The second kappa shape index (κ2) is 3.58. The summed E-state index contributed by atoms with van der Waals surface area (Å²) in [4.78, 5) is 0. The minimum Gasteiger partial charge on any atom is -0.396 e. The number of fused-ring (bicyclic) bond motifs is 1. The Morgan fingerprint density at radius 3 is 2.69 bits per heavy atom. The molecule has 0 radical (unpaired) electrons. The van der Waals surface area contributed by atoms with Crippen molar-refractivity contribution in [1.82, 2.24) is 0 Å². The fourth-order valence-electron chi connectivity index (χ4n) is 3.45. The molecule has 0 amide bonds. The van der Waals surface area contributed by atoms with E-state index in [9.17, 15) is 5.11 Å². The van der Waals surface area contributed by atoms with Crippen LogP contribution in [0.3, 0.4) is 0 Å². The largest absolute Gasteiger partial charge is 0.396 e. The van der Waals surface area contributed by atoms with Crippen LogP contribution < -0.4 is 0 Å². The van der Waals surface area contributed by atoms with Crippen LogP contribution in [0.2, 0.25) is 0 Å². The van der Waals surface area contributed by atoms with Gasteiger partial charge in [0.1, 0.15) is 0 Å². The number of aliphatic hydroxyl groups excluding tert-OH is 1. The normalized spacial score (nSPS) is 45.7. The molecule has 0 spiro atoms. The molecule has 1 N–H and O–H groups in total. The number of hydrogen-bond donors (Lipinski definition) is 1. The Balaban J connectivity index is 2.11. The molecule has 0 aromatic carbocycles. The summed E-state index contributed by atoms with van der Waals surface area (Å²) in [5.41, 5.74) is 0. The lowest BCUT2D eigenvalue weighted by atomic mass is 9.82. The van der Waals surface area contributed by atoms with Crippen molar-refractivity contribution in [3.05, 3.63) is 0 Å². The predicted octanol–water partition coefficient (Wildman–Crippen LogP) is 1.39. The summed E-state index contributed by atoms with van der Waals surface area (Å²) in [6.45, 7) is 3.11. The highest BCUT2D eigenvalue weighted by atomic mass is 16.3. The molecular formula is C11H22NO+. The lowest BCUT2D eigenvalue weighted by molar-refractivity contribution is -0.947. The van der Waals surface area contributed by atoms with Gasteiger partial charge in [-0.2, -0.15) is 0 Å². The third-order valence-electron chi connectivity index (χ3n) is 4.24. The van der Waals surface area contributed by atoms with E-state index in [-0.39, 0.29) is 0 Å². The molecule has 2 aliphatic heterocycles. The molecule has 2 rings (SSSR count). The first-order valence-corrected chi connectivity index (χ1v) is 5.71. The molecule has 0 aliphatic carbocycles. The van der Waals surface area contributed by atoms with Gasteiger partial charge < -0.3 is 9.59 Å². The molecule has 2 aliphatic rings. The van der Waals surface area contributed by atoms with Crippen molar-refractivity contribution in [3.8, 4) is 0 Å². The van der Waals surface area contributed by atoms with Gasteiger partial charge >= 0.3 is 0 Å². The van der Waals surface area contributed by atoms with Gasteiger partial charge in [0.15, 0.2) is 0 Å². The molecule has 0 bridgehead atoms. The monoisotopic (exact) mass is 184 g/mol. The van der Waals surface area contributed by atoms with E-state index in [4.69, 9.17) is 0 Å². The van der Waals surface area contributed by atoms with Crippen molar-refractivity contribution in [2.75, 3.05) is 26.7 Å². The van der Waals surface area contributed by atoms with Gasteiger partial charge in [-0.3, -0.25) is 0 Å². The van der Waals surface area contributed by atoms with E-state index >= 15 is 0 Å². The van der Waals surface area contributed by atoms with E-state index in [0.717, 1.165) is 6.04 Å². The van der Waals surface area contributed by atoms with Crippen LogP contribution in [0.4, 0.5) is 0 Å². The molecule has 0 aromatic rings. The number of aliphatic hydroxyl groups is 1. The van der Waals surface area contributed by atoms with Gasteiger partial charge in [0.25, 0.3) is 0 Å². The molecule has 2 saturated heterocycles. The zero-order valence-corrected chi connectivity index (χ0v) is 8.71. The number of hydrogen-bond acceptors (Lipinski definition) is 1. The smallest absolute Gasteiger partial charge is 0.0939 e. The van der Waals surface area contributed by atoms with Crippen LogP contribution in [0.25, 0.3) is 0 Å². The average molecular weight is 184 g/mol. The van der Waals surface area contributed by atoms with E-state index in [1.807, 2.05) is 0 Å². The molecule has 2 fully saturated rings. The molecule has 2 heteroatoms. The van der Waals surface area contributed by atoms with Crippen LogP contribution in [0.15, 0.2) is 0 Å². The SMILES string of the molecule is C[N@@+]12CCCC[C@H]1[C@@H](CO)CCC2. The highest BCUT2D eigenvalue weighted by molar-refractivity contribution is 4.77. The number of piperidine rings is 2. The van der Waals surface area contributed by atoms with E-state index in [2.05, 4.69) is 7.05 Å². The zero-order chi connectivity index (χ0) is 9.31. The van der Waals surface area contributed by atoms with Gasteiger partial charge in [-0.05, 0) is 25.7 Å². The Morgan fingerprint density at radius 1 is 1.15 bits per heavy atom. The van der Waals surface area contributed by atoms with Gasteiger partial charge in [-0.15, -0.1) is 0 Å². The summed E-state index contributed by atoms with van der Waals surface area (Å²) in [5, 5.41) is 9.33. The van der Waals surface area contributed by atoms with Crippen molar-refractivity contribution in [1.29, 1.82) is 0 Å². The third kappa shape index (κ3) is 1.62. The van der Waals surface area contributed by atoms with Crippen molar-refractivity contribution < 1.29 is 9.59 Å². The van der Waals surface area contributed by atoms with Crippen LogP contribution in [-0.4, -0.2) is 42.4 Å². The fraction of sp³-hybridized carbons (Fsp3) is 1.00. The number of nitrogens with zero attached hydrogens (tertiary/aromatic N) is 1. The van der Waals surface area contributed by atoms with Crippen molar-refractivity contribution in [2.24, 2.45) is 5.92 Å². The maximum atomic E-state index is 9.33. The highest BCUT2D eigenvalue weighted by Gasteiger charge is 2.42. The summed E-state index contributed by atoms with van der Waals surface area (Å²) in [6, 6.07) is 0.771. The maximum Gasteiger partial charge on any atom is 0.0939 e. The summed E-state index contributed by atoms with van der Waals surface area (Å²) in [7, 11) is 2.39. The second-order valence-corrected chi connectivity index (χ2v) is 5.07. The van der Waals surface area contributed by atoms with Crippen LogP contribution >= 0.6 is 0 Å². The fourth-order valence-corrected chi connectivity index (χ4v) is 3.45. The zero-order valence-electron chi connectivity index (χ0n) is 8.71. The van der Waals surface area contributed by atoms with E-state index in [0.29, 0.717) is 12.5 Å². The molecule has 3 atom stereocenters. The molecule has 13 heavy (non-hydrogen) atoms. The Morgan fingerprint density at radius 2 is 1.92 bits per heavy atom. The topological polar surface area (TPSA) is 20.2 Å². The summed E-state index contributed by atoms with van der Waals surface area (Å²) >= 11 is 0. The minimum atomic E-state index is 0.415. The highest BCUT2D eigenvalue weighted by Crippen LogP contribution is 2.35. The number of quaternary nitrogens is 1. The summed E-state index contributed by atoms with van der Waals surface area (Å²) in [5.74, 6) is 0.596. The first-order chi connectivity index (χ1) is 6.26. The Hall–Kier alpha value is -0.0800. The lowest BCUT2D eigenvalue weighted by Crippen LogP contribution is -2.61. The predicted molar refractivity (Wildman–Crippen MR) is 53.4 cm³/mol. The Bertz CT molecular complexity index is 179. The number of rotatable bonds is 1. The molecule has 0 saturated carbocycles. The first-order valence-electron chi connectivity index (χ1n) is 5.71. The summed E-state index contributed by atoms with van der Waals surface area (Å²) < 4.78 is 1.26. The van der Waals surface area contributed by atoms with Gasteiger partial charge in [0.05, 0.1) is 32.8 Å². The van der Waals surface area contributed by atoms with Crippen LogP contribution in [0.1, 0.15) is 32.1 Å². The van der Waals surface area contributed by atoms with Crippen LogP contribution in [0, 0.1) is 5.92 Å². The van der Waals surface area contributed by atoms with E-state index in [1.54, 1.807) is 0 Å². The van der Waals surface area contributed by atoms with Crippen molar-refractivity contribution >= 4 is 0 Å². The molecule has 2 heterocycles. The van der Waals surface area contributed by atoms with Gasteiger partial charge in [0.2, 0.25) is 0 Å². The summed E-state index contributed by atoms with van der Waals surface area (Å²) in [6.07, 6.45) is 6.70. The molecule has 76 valence electrons. The van der Waals surface area contributed by atoms with Crippen LogP contribution in [-0.2, 0) is 0 Å². The second-order valence-electron chi connectivity index (χ2n) is 5.07. The van der Waals surface area contributed by atoms with E-state index in [1.165, 1.54) is 49.7 Å². The van der Waals surface area contributed by atoms with Crippen LogP contribution in [0.5, 0.6) is 0 Å². The maximum absolute atomic E-state index is 9.33. The molecule has 2 nitrogen and oxygen atoms in total. The third-order valence-corrected chi connectivity index (χ3v) is 4.24. The molecular weight excluding hydrogens is 162 g/mol. The molecule has 0 unspecified atom stereocenters. The van der Waals surface area contributed by atoms with Gasteiger partial charge in [-0.25, -0.2) is 0 Å². The minimum absolute atomic E-state index is 0.415. The molecule has 0 aromatic heterocycles. The average Bonchev–Trinajstić information content (AvgIpc) is 2.15. The van der Waals surface area contributed by atoms with E-state index < -0.39 is 0 Å². The Kier molecular flexibility index (Phi) is 2.61.